The van der Waals surface area contributed by atoms with E-state index in [2.05, 4.69) is 0 Å². The monoisotopic (exact) mass is 410 g/mol. The van der Waals surface area contributed by atoms with Crippen molar-refractivity contribution in [3.63, 3.8) is 0 Å². The number of halogens is 4. The van der Waals surface area contributed by atoms with Crippen LogP contribution in [0.1, 0.15) is 23.2 Å². The third-order valence-electron chi connectivity index (χ3n) is 5.34. The Bertz CT molecular complexity index is 963. The van der Waals surface area contributed by atoms with Crippen LogP contribution in [-0.4, -0.2) is 37.1 Å². The molecular weight excluding hydrogens is 400 g/mol. The van der Waals surface area contributed by atoms with Crippen molar-refractivity contribution < 1.29 is 49.6 Å². The molecule has 1 heterocycles. The molecule has 1 N–H and O–H groups in total. The molecule has 2 aliphatic carbocycles. The quantitative estimate of drug-likeness (QED) is 0.349. The van der Waals surface area contributed by atoms with Gasteiger partial charge in [-0.1, -0.05) is 0 Å². The highest BCUT2D eigenvalue weighted by molar-refractivity contribution is 7.85. The number of esters is 2. The predicted octanol–water partition coefficient (Wildman–Crippen LogP) is 1.60. The van der Waals surface area contributed by atoms with Crippen molar-refractivity contribution in [2.24, 2.45) is 17.8 Å². The Morgan fingerprint density at radius 3 is 2.22 bits per heavy atom. The van der Waals surface area contributed by atoms with Crippen LogP contribution in [0, 0.1) is 41.0 Å². The second-order valence-corrected chi connectivity index (χ2v) is 8.07. The van der Waals surface area contributed by atoms with Crippen LogP contribution in [0.2, 0.25) is 0 Å². The number of hydrogen-bond acceptors (Lipinski definition) is 6. The Morgan fingerprint density at radius 1 is 1.07 bits per heavy atom. The van der Waals surface area contributed by atoms with Crippen LogP contribution in [0.25, 0.3) is 0 Å². The lowest BCUT2D eigenvalue weighted by Gasteiger charge is -2.25. The Hall–Kier alpha value is -2.21. The summed E-state index contributed by atoms with van der Waals surface area (Å²) < 4.78 is 96.4. The third-order valence-corrected chi connectivity index (χ3v) is 6.22. The first-order valence-electron chi connectivity index (χ1n) is 7.77. The van der Waals surface area contributed by atoms with Crippen molar-refractivity contribution in [1.29, 1.82) is 0 Å². The molecule has 1 aliphatic heterocycles. The summed E-state index contributed by atoms with van der Waals surface area (Å²) in [4.78, 5) is 21.6. The number of ether oxygens (including phenoxy) is 2. The van der Waals surface area contributed by atoms with E-state index < -0.39 is 68.0 Å². The van der Waals surface area contributed by atoms with E-state index in [1.165, 1.54) is 0 Å². The van der Waals surface area contributed by atoms with Gasteiger partial charge in [0.15, 0.2) is 28.2 Å². The Kier molecular flexibility index (Phi) is 3.80. The minimum absolute atomic E-state index is 0.203. The van der Waals surface area contributed by atoms with E-state index in [1.54, 1.807) is 0 Å². The van der Waals surface area contributed by atoms with Gasteiger partial charge in [-0.2, -0.15) is 8.42 Å². The van der Waals surface area contributed by atoms with Crippen LogP contribution in [0.5, 0.6) is 0 Å². The van der Waals surface area contributed by atoms with E-state index in [4.69, 9.17) is 14.0 Å². The highest BCUT2D eigenvalue weighted by Crippen LogP contribution is 2.55. The smallest absolute Gasteiger partial charge is 0.344 e. The molecule has 1 aromatic carbocycles. The summed E-state index contributed by atoms with van der Waals surface area (Å²) in [6.07, 6.45) is -0.985. The standard InChI is InChI=1S/C15H10F4O7S/c16-7-6(8(17)10(19)13(9(7)18)27(22,23)24)15(21)25-11-3-1-4-5(2-3)14(20)26-12(4)11/h3-5,11-12H,1-2H2,(H,22,23,24). The summed E-state index contributed by atoms with van der Waals surface area (Å²) >= 11 is 0. The summed E-state index contributed by atoms with van der Waals surface area (Å²) in [7, 11) is -5.63. The van der Waals surface area contributed by atoms with Gasteiger partial charge in [-0.15, -0.1) is 0 Å². The molecule has 2 saturated carbocycles. The first-order valence-corrected chi connectivity index (χ1v) is 9.21. The largest absolute Gasteiger partial charge is 0.458 e. The zero-order valence-electron chi connectivity index (χ0n) is 13.1. The van der Waals surface area contributed by atoms with Crippen LogP contribution in [-0.2, 0) is 24.4 Å². The summed E-state index contributed by atoms with van der Waals surface area (Å²) in [5.41, 5.74) is -1.78. The van der Waals surface area contributed by atoms with Crippen molar-refractivity contribution in [3.8, 4) is 0 Å². The zero-order valence-corrected chi connectivity index (χ0v) is 13.9. The predicted molar refractivity (Wildman–Crippen MR) is 74.9 cm³/mol. The summed E-state index contributed by atoms with van der Waals surface area (Å²) in [5.74, 6) is -12.6. The molecular formula is C15H10F4O7S. The third kappa shape index (κ3) is 2.46. The number of hydrogen-bond donors (Lipinski definition) is 1. The van der Waals surface area contributed by atoms with Crippen molar-refractivity contribution in [2.45, 2.75) is 29.9 Å². The van der Waals surface area contributed by atoms with Gasteiger partial charge in [0.2, 0.25) is 0 Å². The second kappa shape index (κ2) is 5.64. The average molecular weight is 410 g/mol. The molecule has 2 bridgehead atoms. The van der Waals surface area contributed by atoms with Gasteiger partial charge in [-0.3, -0.25) is 9.35 Å². The topological polar surface area (TPSA) is 107 Å². The van der Waals surface area contributed by atoms with E-state index in [-0.39, 0.29) is 17.8 Å². The van der Waals surface area contributed by atoms with Crippen LogP contribution < -0.4 is 0 Å². The minimum Gasteiger partial charge on any atom is -0.458 e. The van der Waals surface area contributed by atoms with Crippen molar-refractivity contribution >= 4 is 22.1 Å². The number of benzene rings is 1. The van der Waals surface area contributed by atoms with E-state index in [0.717, 1.165) is 0 Å². The minimum atomic E-state index is -5.63. The molecule has 3 aliphatic rings. The fourth-order valence-corrected chi connectivity index (χ4v) is 4.90. The van der Waals surface area contributed by atoms with Crippen LogP contribution in [0.15, 0.2) is 4.90 Å². The van der Waals surface area contributed by atoms with Gasteiger partial charge in [0, 0.05) is 11.8 Å². The van der Waals surface area contributed by atoms with Gasteiger partial charge >= 0.3 is 22.1 Å². The maximum atomic E-state index is 14.1. The lowest BCUT2D eigenvalue weighted by molar-refractivity contribution is -0.146. The van der Waals surface area contributed by atoms with Gasteiger partial charge < -0.3 is 9.47 Å². The van der Waals surface area contributed by atoms with Crippen LogP contribution >= 0.6 is 0 Å². The fourth-order valence-electron chi connectivity index (χ4n) is 4.26. The van der Waals surface area contributed by atoms with Gasteiger partial charge in [0.25, 0.3) is 0 Å². The molecule has 5 atom stereocenters. The molecule has 12 heteroatoms. The molecule has 7 nitrogen and oxygen atoms in total. The molecule has 0 radical (unpaired) electrons. The number of rotatable bonds is 3. The van der Waals surface area contributed by atoms with Crippen LogP contribution in [0.3, 0.4) is 0 Å². The molecule has 0 spiro atoms. The molecule has 5 unspecified atom stereocenters. The summed E-state index contributed by atoms with van der Waals surface area (Å²) in [6.45, 7) is 0. The number of carbonyl (C=O) groups excluding carboxylic acids is 2. The van der Waals surface area contributed by atoms with E-state index in [0.29, 0.717) is 12.8 Å². The Balaban J connectivity index is 1.69. The lowest BCUT2D eigenvalue weighted by atomic mass is 9.88. The number of fused-ring (bicyclic) bond motifs is 1. The van der Waals surface area contributed by atoms with Crippen molar-refractivity contribution in [3.05, 3.63) is 28.8 Å². The molecule has 1 aromatic rings. The number of carbonyl (C=O) groups is 2. The molecule has 146 valence electrons. The fraction of sp³-hybridized carbons (Fsp3) is 0.467. The average Bonchev–Trinajstić information content (AvgIpc) is 3.17. The summed E-state index contributed by atoms with van der Waals surface area (Å²) in [6, 6.07) is 0. The highest BCUT2D eigenvalue weighted by atomic mass is 32.2. The maximum absolute atomic E-state index is 14.1. The molecule has 0 aromatic heterocycles. The van der Waals surface area contributed by atoms with Crippen molar-refractivity contribution in [1.82, 2.24) is 0 Å². The second-order valence-electron chi connectivity index (χ2n) is 6.71. The highest BCUT2D eigenvalue weighted by Gasteiger charge is 2.63. The summed E-state index contributed by atoms with van der Waals surface area (Å²) in [5, 5.41) is 0. The first kappa shape index (κ1) is 18.2. The maximum Gasteiger partial charge on any atom is 0.344 e. The van der Waals surface area contributed by atoms with Crippen LogP contribution in [0.4, 0.5) is 17.6 Å². The Morgan fingerprint density at radius 2 is 1.67 bits per heavy atom. The van der Waals surface area contributed by atoms with Crippen molar-refractivity contribution in [2.75, 3.05) is 0 Å². The van der Waals surface area contributed by atoms with E-state index >= 15 is 0 Å². The lowest BCUT2D eigenvalue weighted by Crippen LogP contribution is -2.36. The normalized spacial score (nSPS) is 31.3. The molecule has 0 amide bonds. The van der Waals surface area contributed by atoms with Gasteiger partial charge in [-0.25, -0.2) is 22.4 Å². The zero-order chi connectivity index (χ0) is 19.8. The molecule has 27 heavy (non-hydrogen) atoms. The molecule has 1 saturated heterocycles. The van der Waals surface area contributed by atoms with Gasteiger partial charge in [0.1, 0.15) is 17.8 Å². The molecule has 4 rings (SSSR count). The van der Waals surface area contributed by atoms with Gasteiger partial charge in [-0.05, 0) is 12.8 Å². The first-order chi connectivity index (χ1) is 12.5. The Labute approximate surface area is 149 Å². The van der Waals surface area contributed by atoms with Gasteiger partial charge in [0.05, 0.1) is 5.92 Å². The van der Waals surface area contributed by atoms with E-state index in [9.17, 15) is 35.6 Å². The van der Waals surface area contributed by atoms with E-state index in [1.807, 2.05) is 0 Å². The SMILES string of the molecule is O=C(OC1C2CC3C(=O)OC1C3C2)c1c(F)c(F)c(S(=O)(=O)O)c(F)c1F. The molecule has 3 fully saturated rings.